The van der Waals surface area contributed by atoms with E-state index in [1.807, 2.05) is 30.3 Å². The normalized spacial score (nSPS) is 11.7. The summed E-state index contributed by atoms with van der Waals surface area (Å²) in [6, 6.07) is 9.32. The zero-order valence-electron chi connectivity index (χ0n) is 10.8. The molecule has 0 radical (unpaired) electrons. The van der Waals surface area contributed by atoms with Crippen molar-refractivity contribution in [1.82, 2.24) is 5.32 Å². The molecule has 1 aromatic carbocycles. The molecule has 1 atom stereocenters. The minimum Gasteiger partial charge on any atom is -0.468 e. The Morgan fingerprint density at radius 1 is 1.37 bits per heavy atom. The van der Waals surface area contributed by atoms with Gasteiger partial charge >= 0.3 is 5.97 Å². The molecule has 3 N–H and O–H groups in total. The number of carbonyl (C=O) groups is 2. The highest BCUT2D eigenvalue weighted by molar-refractivity contribution is 7.98. The average Bonchev–Trinajstić information content (AvgIpc) is 2.45. The number of benzene rings is 1. The third-order valence-electron chi connectivity index (χ3n) is 2.38. The van der Waals surface area contributed by atoms with E-state index in [1.54, 1.807) is 11.8 Å². The quantitative estimate of drug-likeness (QED) is 0.713. The van der Waals surface area contributed by atoms with Crippen LogP contribution >= 0.6 is 11.8 Å². The smallest absolute Gasteiger partial charge is 0.325 e. The SMILES string of the molecule is COC(=O)CNC(=O)[C@@H](N)CSCc1ccccc1. The molecular formula is C13H18N2O3S. The van der Waals surface area contributed by atoms with Crippen LogP contribution in [0.15, 0.2) is 30.3 Å². The maximum Gasteiger partial charge on any atom is 0.325 e. The molecule has 0 aromatic heterocycles. The standard InChI is InChI=1S/C13H18N2O3S/c1-18-12(16)7-15-13(17)11(14)9-19-8-10-5-3-2-4-6-10/h2-6,11H,7-9,14H2,1H3,(H,15,17)/t11-/m0/s1. The number of ether oxygens (including phenoxy) is 1. The number of carbonyl (C=O) groups excluding carboxylic acids is 2. The van der Waals surface area contributed by atoms with E-state index in [1.165, 1.54) is 12.7 Å². The highest BCUT2D eigenvalue weighted by Crippen LogP contribution is 2.12. The van der Waals surface area contributed by atoms with Gasteiger partial charge in [0.15, 0.2) is 0 Å². The molecule has 0 bridgehead atoms. The number of methoxy groups -OCH3 is 1. The van der Waals surface area contributed by atoms with E-state index < -0.39 is 12.0 Å². The second kappa shape index (κ2) is 8.55. The van der Waals surface area contributed by atoms with Gasteiger partial charge in [-0.25, -0.2) is 0 Å². The van der Waals surface area contributed by atoms with E-state index >= 15 is 0 Å². The van der Waals surface area contributed by atoms with Crippen molar-refractivity contribution in [1.29, 1.82) is 0 Å². The number of thioether (sulfide) groups is 1. The Balaban J connectivity index is 2.21. The summed E-state index contributed by atoms with van der Waals surface area (Å²) in [7, 11) is 1.27. The molecule has 0 aliphatic rings. The summed E-state index contributed by atoms with van der Waals surface area (Å²) >= 11 is 1.58. The molecule has 0 saturated carbocycles. The number of rotatable bonds is 7. The lowest BCUT2D eigenvalue weighted by Crippen LogP contribution is -2.44. The Labute approximate surface area is 116 Å². The molecule has 1 rings (SSSR count). The number of esters is 1. The van der Waals surface area contributed by atoms with E-state index in [0.29, 0.717) is 5.75 Å². The number of hydrogen-bond donors (Lipinski definition) is 2. The van der Waals surface area contributed by atoms with Crippen LogP contribution in [0.1, 0.15) is 5.56 Å². The monoisotopic (exact) mass is 282 g/mol. The first-order chi connectivity index (χ1) is 9.13. The minimum atomic E-state index is -0.627. The molecule has 0 heterocycles. The minimum absolute atomic E-state index is 0.146. The fraction of sp³-hybridized carbons (Fsp3) is 0.385. The predicted molar refractivity (Wildman–Crippen MR) is 75.6 cm³/mol. The number of amides is 1. The topological polar surface area (TPSA) is 81.4 Å². The van der Waals surface area contributed by atoms with Gasteiger partial charge in [-0.15, -0.1) is 0 Å². The summed E-state index contributed by atoms with van der Waals surface area (Å²) < 4.78 is 4.42. The Morgan fingerprint density at radius 3 is 2.68 bits per heavy atom. The van der Waals surface area contributed by atoms with E-state index in [2.05, 4.69) is 10.1 Å². The first kappa shape index (κ1) is 15.5. The van der Waals surface area contributed by atoms with Gasteiger partial charge in [0, 0.05) is 11.5 Å². The van der Waals surface area contributed by atoms with Crippen LogP contribution in [0, 0.1) is 0 Å². The predicted octanol–water partition coefficient (Wildman–Crippen LogP) is 0.536. The second-order valence-electron chi connectivity index (χ2n) is 3.90. The third kappa shape index (κ3) is 6.26. The Bertz CT molecular complexity index is 412. The second-order valence-corrected chi connectivity index (χ2v) is 4.93. The van der Waals surface area contributed by atoms with Crippen LogP contribution in [0.25, 0.3) is 0 Å². The van der Waals surface area contributed by atoms with Crippen LogP contribution in [0.2, 0.25) is 0 Å². The number of nitrogens with two attached hydrogens (primary N) is 1. The van der Waals surface area contributed by atoms with Crippen LogP contribution in [-0.4, -0.2) is 37.3 Å². The van der Waals surface area contributed by atoms with E-state index in [-0.39, 0.29) is 12.5 Å². The first-order valence-electron chi connectivity index (χ1n) is 5.85. The molecule has 0 unspecified atom stereocenters. The van der Waals surface area contributed by atoms with Gasteiger partial charge in [-0.3, -0.25) is 9.59 Å². The Kier molecular flexibility index (Phi) is 6.99. The van der Waals surface area contributed by atoms with Gasteiger partial charge < -0.3 is 15.8 Å². The number of hydrogen-bond acceptors (Lipinski definition) is 5. The van der Waals surface area contributed by atoms with Crippen molar-refractivity contribution in [3.63, 3.8) is 0 Å². The van der Waals surface area contributed by atoms with Crippen LogP contribution in [-0.2, 0) is 20.1 Å². The van der Waals surface area contributed by atoms with Crippen molar-refractivity contribution in [2.45, 2.75) is 11.8 Å². The van der Waals surface area contributed by atoms with Gasteiger partial charge in [0.25, 0.3) is 0 Å². The fourth-order valence-electron chi connectivity index (χ4n) is 1.32. The van der Waals surface area contributed by atoms with Crippen molar-refractivity contribution < 1.29 is 14.3 Å². The molecule has 0 aliphatic carbocycles. The van der Waals surface area contributed by atoms with Gasteiger partial charge in [0.1, 0.15) is 6.54 Å². The summed E-state index contributed by atoms with van der Waals surface area (Å²) in [5.41, 5.74) is 6.91. The van der Waals surface area contributed by atoms with Crippen LogP contribution in [0.4, 0.5) is 0 Å². The lowest BCUT2D eigenvalue weighted by Gasteiger charge is -2.11. The molecule has 1 aromatic rings. The molecule has 0 aliphatic heterocycles. The zero-order chi connectivity index (χ0) is 14.1. The lowest BCUT2D eigenvalue weighted by molar-refractivity contribution is -0.141. The van der Waals surface area contributed by atoms with Crippen LogP contribution in [0.3, 0.4) is 0 Å². The van der Waals surface area contributed by atoms with Gasteiger partial charge in [-0.1, -0.05) is 30.3 Å². The summed E-state index contributed by atoms with van der Waals surface area (Å²) in [5, 5.41) is 2.43. The van der Waals surface area contributed by atoms with Crippen LogP contribution in [0.5, 0.6) is 0 Å². The molecular weight excluding hydrogens is 264 g/mol. The Morgan fingerprint density at radius 2 is 2.05 bits per heavy atom. The summed E-state index contributed by atoms with van der Waals surface area (Å²) in [6.07, 6.45) is 0. The molecule has 104 valence electrons. The number of nitrogens with one attached hydrogen (secondary N) is 1. The molecule has 0 saturated heterocycles. The maximum absolute atomic E-state index is 11.5. The highest BCUT2D eigenvalue weighted by atomic mass is 32.2. The van der Waals surface area contributed by atoms with E-state index in [9.17, 15) is 9.59 Å². The molecule has 0 spiro atoms. The molecule has 0 fully saturated rings. The summed E-state index contributed by atoms with van der Waals surface area (Å²) in [5.74, 6) is 0.476. The summed E-state index contributed by atoms with van der Waals surface area (Å²) in [4.78, 5) is 22.4. The summed E-state index contributed by atoms with van der Waals surface area (Å²) in [6.45, 7) is -0.146. The van der Waals surface area contributed by atoms with Crippen molar-refractivity contribution in [2.75, 3.05) is 19.4 Å². The van der Waals surface area contributed by atoms with Crippen molar-refractivity contribution >= 4 is 23.6 Å². The highest BCUT2D eigenvalue weighted by Gasteiger charge is 2.14. The van der Waals surface area contributed by atoms with Gasteiger partial charge in [0.2, 0.25) is 5.91 Å². The molecule has 5 nitrogen and oxygen atoms in total. The van der Waals surface area contributed by atoms with Crippen molar-refractivity contribution in [3.8, 4) is 0 Å². The first-order valence-corrected chi connectivity index (χ1v) is 7.00. The molecule has 19 heavy (non-hydrogen) atoms. The van der Waals surface area contributed by atoms with Gasteiger partial charge in [0.05, 0.1) is 13.2 Å². The van der Waals surface area contributed by atoms with Gasteiger partial charge in [-0.2, -0.15) is 11.8 Å². The van der Waals surface area contributed by atoms with Gasteiger partial charge in [-0.05, 0) is 5.56 Å². The van der Waals surface area contributed by atoms with E-state index in [4.69, 9.17) is 5.73 Å². The fourth-order valence-corrected chi connectivity index (χ4v) is 2.27. The average molecular weight is 282 g/mol. The van der Waals surface area contributed by atoms with Crippen LogP contribution < -0.4 is 11.1 Å². The van der Waals surface area contributed by atoms with Crippen molar-refractivity contribution in [3.05, 3.63) is 35.9 Å². The Hall–Kier alpha value is -1.53. The molecule has 1 amide bonds. The zero-order valence-corrected chi connectivity index (χ0v) is 11.6. The van der Waals surface area contributed by atoms with Crippen molar-refractivity contribution in [2.24, 2.45) is 5.73 Å². The maximum atomic E-state index is 11.5. The largest absolute Gasteiger partial charge is 0.468 e. The lowest BCUT2D eigenvalue weighted by atomic mass is 10.2. The third-order valence-corrected chi connectivity index (χ3v) is 3.51. The van der Waals surface area contributed by atoms with E-state index in [0.717, 1.165) is 5.75 Å². The molecule has 6 heteroatoms.